The molecule has 0 bridgehead atoms. The first-order chi connectivity index (χ1) is 10.8. The Balaban J connectivity index is 1.39. The van der Waals surface area contributed by atoms with Crippen LogP contribution in [0.2, 0.25) is 0 Å². The van der Waals surface area contributed by atoms with E-state index in [1.54, 1.807) is 0 Å². The van der Waals surface area contributed by atoms with Crippen LogP contribution in [0.15, 0.2) is 30.3 Å². The van der Waals surface area contributed by atoms with Gasteiger partial charge in [0.25, 0.3) is 0 Å². The Morgan fingerprint density at radius 1 is 1.00 bits per heavy atom. The largest absolute Gasteiger partial charge is 0.335 e. The number of nitrogens with one attached hydrogen (secondary N) is 2. The van der Waals surface area contributed by atoms with Crippen LogP contribution in [-0.2, 0) is 6.54 Å². The highest BCUT2D eigenvalue weighted by Crippen LogP contribution is 2.17. The van der Waals surface area contributed by atoms with Gasteiger partial charge in [-0.05, 0) is 24.8 Å². The summed E-state index contributed by atoms with van der Waals surface area (Å²) < 4.78 is 0. The van der Waals surface area contributed by atoms with E-state index in [9.17, 15) is 4.79 Å². The van der Waals surface area contributed by atoms with E-state index in [1.807, 2.05) is 6.07 Å². The van der Waals surface area contributed by atoms with Gasteiger partial charge in [0, 0.05) is 31.7 Å². The fourth-order valence-corrected chi connectivity index (χ4v) is 3.60. The summed E-state index contributed by atoms with van der Waals surface area (Å²) in [5.74, 6) is 0. The summed E-state index contributed by atoms with van der Waals surface area (Å²) in [4.78, 5) is 14.5. The standard InChI is InChI=1S/C18H27N3O/c22-18(19-16-9-5-2-6-10-16)20-17-11-12-21(14-17)13-15-7-3-1-4-8-15/h1,3-4,7-8,16-17H,2,5-6,9-14H2,(H2,19,20,22). The average Bonchev–Trinajstić information content (AvgIpc) is 2.96. The van der Waals surface area contributed by atoms with E-state index in [4.69, 9.17) is 0 Å². The van der Waals surface area contributed by atoms with Crippen molar-refractivity contribution in [3.05, 3.63) is 35.9 Å². The number of carbonyl (C=O) groups is 1. The maximum atomic E-state index is 12.1. The molecule has 0 radical (unpaired) electrons. The van der Waals surface area contributed by atoms with Gasteiger partial charge in [-0.3, -0.25) is 4.90 Å². The molecule has 1 saturated heterocycles. The van der Waals surface area contributed by atoms with E-state index in [0.717, 1.165) is 38.9 Å². The summed E-state index contributed by atoms with van der Waals surface area (Å²) in [6.45, 7) is 2.99. The summed E-state index contributed by atoms with van der Waals surface area (Å²) in [7, 11) is 0. The van der Waals surface area contributed by atoms with Gasteiger partial charge in [0.1, 0.15) is 0 Å². The van der Waals surface area contributed by atoms with Crippen molar-refractivity contribution in [3.63, 3.8) is 0 Å². The van der Waals surface area contributed by atoms with Crippen molar-refractivity contribution in [3.8, 4) is 0 Å². The van der Waals surface area contributed by atoms with Crippen molar-refractivity contribution in [2.24, 2.45) is 0 Å². The average molecular weight is 301 g/mol. The molecule has 120 valence electrons. The molecule has 2 aliphatic rings. The lowest BCUT2D eigenvalue weighted by Gasteiger charge is -2.24. The van der Waals surface area contributed by atoms with Gasteiger partial charge in [-0.25, -0.2) is 4.79 Å². The smallest absolute Gasteiger partial charge is 0.315 e. The summed E-state index contributed by atoms with van der Waals surface area (Å²) in [5.41, 5.74) is 1.34. The number of rotatable bonds is 4. The van der Waals surface area contributed by atoms with Crippen molar-refractivity contribution in [1.29, 1.82) is 0 Å². The third-order valence-corrected chi connectivity index (χ3v) is 4.80. The third-order valence-electron chi connectivity index (χ3n) is 4.80. The van der Waals surface area contributed by atoms with Crippen LogP contribution in [0, 0.1) is 0 Å². The minimum absolute atomic E-state index is 0.0264. The van der Waals surface area contributed by atoms with Gasteiger partial charge < -0.3 is 10.6 Å². The van der Waals surface area contributed by atoms with E-state index in [0.29, 0.717) is 6.04 Å². The Morgan fingerprint density at radius 3 is 2.50 bits per heavy atom. The molecule has 0 aromatic heterocycles. The highest BCUT2D eigenvalue weighted by Gasteiger charge is 2.24. The predicted molar refractivity (Wildman–Crippen MR) is 88.7 cm³/mol. The van der Waals surface area contributed by atoms with Gasteiger partial charge in [0.05, 0.1) is 0 Å². The molecule has 1 aliphatic carbocycles. The number of likely N-dealkylation sites (tertiary alicyclic amines) is 1. The van der Waals surface area contributed by atoms with Crippen molar-refractivity contribution < 1.29 is 4.79 Å². The van der Waals surface area contributed by atoms with Gasteiger partial charge >= 0.3 is 6.03 Å². The topological polar surface area (TPSA) is 44.4 Å². The maximum absolute atomic E-state index is 12.1. The monoisotopic (exact) mass is 301 g/mol. The molecule has 4 nitrogen and oxygen atoms in total. The van der Waals surface area contributed by atoms with Crippen LogP contribution in [0.5, 0.6) is 0 Å². The fraction of sp³-hybridized carbons (Fsp3) is 0.611. The molecule has 1 heterocycles. The predicted octanol–water partition coefficient (Wildman–Crippen LogP) is 2.89. The molecule has 0 spiro atoms. The fourth-order valence-electron chi connectivity index (χ4n) is 3.60. The molecule has 1 aromatic rings. The van der Waals surface area contributed by atoms with Gasteiger partial charge in [-0.2, -0.15) is 0 Å². The van der Waals surface area contributed by atoms with Crippen LogP contribution in [-0.4, -0.2) is 36.1 Å². The second-order valence-electron chi connectivity index (χ2n) is 6.66. The molecule has 1 atom stereocenters. The zero-order valence-electron chi connectivity index (χ0n) is 13.3. The summed E-state index contributed by atoms with van der Waals surface area (Å²) in [5, 5.41) is 6.29. The minimum Gasteiger partial charge on any atom is -0.335 e. The number of nitrogens with zero attached hydrogens (tertiary/aromatic N) is 1. The van der Waals surface area contributed by atoms with Crippen molar-refractivity contribution in [2.45, 2.75) is 57.2 Å². The van der Waals surface area contributed by atoms with Crippen molar-refractivity contribution in [2.75, 3.05) is 13.1 Å². The number of carbonyl (C=O) groups excluding carboxylic acids is 1. The zero-order chi connectivity index (χ0) is 15.2. The van der Waals surface area contributed by atoms with E-state index in [2.05, 4.69) is 39.8 Å². The van der Waals surface area contributed by atoms with Crippen LogP contribution in [0.25, 0.3) is 0 Å². The number of amides is 2. The van der Waals surface area contributed by atoms with E-state index in [1.165, 1.54) is 24.8 Å². The molecule has 4 heteroatoms. The molecular weight excluding hydrogens is 274 g/mol. The number of hydrogen-bond acceptors (Lipinski definition) is 2. The van der Waals surface area contributed by atoms with Crippen LogP contribution < -0.4 is 10.6 Å². The molecule has 1 aromatic carbocycles. The molecule has 2 N–H and O–H groups in total. The highest BCUT2D eigenvalue weighted by atomic mass is 16.2. The number of urea groups is 1. The SMILES string of the molecule is O=C(NC1CCCCC1)NC1CCN(Cc2ccccc2)C1. The maximum Gasteiger partial charge on any atom is 0.315 e. The zero-order valence-corrected chi connectivity index (χ0v) is 13.3. The Bertz CT molecular complexity index is 470. The van der Waals surface area contributed by atoms with Crippen molar-refractivity contribution >= 4 is 6.03 Å². The second-order valence-corrected chi connectivity index (χ2v) is 6.66. The van der Waals surface area contributed by atoms with Crippen LogP contribution in [0.3, 0.4) is 0 Å². The molecule has 1 aliphatic heterocycles. The Labute approximate surface area is 133 Å². The molecule has 3 rings (SSSR count). The van der Waals surface area contributed by atoms with E-state index in [-0.39, 0.29) is 12.1 Å². The third kappa shape index (κ3) is 4.47. The Morgan fingerprint density at radius 2 is 1.73 bits per heavy atom. The lowest BCUT2D eigenvalue weighted by atomic mass is 9.96. The second kappa shape index (κ2) is 7.63. The van der Waals surface area contributed by atoms with Gasteiger partial charge in [-0.15, -0.1) is 0 Å². The Kier molecular flexibility index (Phi) is 5.33. The summed E-state index contributed by atoms with van der Waals surface area (Å²) in [6.07, 6.45) is 7.14. The number of benzene rings is 1. The van der Waals surface area contributed by atoms with E-state index < -0.39 is 0 Å². The Hall–Kier alpha value is -1.55. The molecule has 1 unspecified atom stereocenters. The lowest BCUT2D eigenvalue weighted by molar-refractivity contribution is 0.228. The highest BCUT2D eigenvalue weighted by molar-refractivity contribution is 5.74. The molecule has 2 fully saturated rings. The van der Waals surface area contributed by atoms with Crippen molar-refractivity contribution in [1.82, 2.24) is 15.5 Å². The first kappa shape index (κ1) is 15.3. The molecule has 22 heavy (non-hydrogen) atoms. The summed E-state index contributed by atoms with van der Waals surface area (Å²) in [6, 6.07) is 11.2. The van der Waals surface area contributed by atoms with Crippen LogP contribution in [0.4, 0.5) is 4.79 Å². The van der Waals surface area contributed by atoms with E-state index >= 15 is 0 Å². The normalized spacial score (nSPS) is 23.4. The van der Waals surface area contributed by atoms with Crippen LogP contribution >= 0.6 is 0 Å². The summed E-state index contributed by atoms with van der Waals surface area (Å²) >= 11 is 0. The van der Waals surface area contributed by atoms with Gasteiger partial charge in [-0.1, -0.05) is 49.6 Å². The number of hydrogen-bond donors (Lipinski definition) is 2. The first-order valence-electron chi connectivity index (χ1n) is 8.63. The first-order valence-corrected chi connectivity index (χ1v) is 8.63. The lowest BCUT2D eigenvalue weighted by Crippen LogP contribution is -2.47. The molecule has 2 amide bonds. The van der Waals surface area contributed by atoms with Gasteiger partial charge in [0.2, 0.25) is 0 Å². The van der Waals surface area contributed by atoms with Crippen LogP contribution in [0.1, 0.15) is 44.1 Å². The quantitative estimate of drug-likeness (QED) is 0.898. The molecular formula is C18H27N3O. The molecule has 1 saturated carbocycles. The minimum atomic E-state index is 0.0264. The van der Waals surface area contributed by atoms with Gasteiger partial charge in [0.15, 0.2) is 0 Å².